The van der Waals surface area contributed by atoms with Gasteiger partial charge >= 0.3 is 0 Å². The Morgan fingerprint density at radius 2 is 1.69 bits per heavy atom. The summed E-state index contributed by atoms with van der Waals surface area (Å²) in [5, 5.41) is 7.00. The molecule has 1 aliphatic heterocycles. The Hall–Kier alpha value is -2.93. The minimum absolute atomic E-state index is 0.101. The van der Waals surface area contributed by atoms with Crippen LogP contribution in [0.3, 0.4) is 0 Å². The highest BCUT2D eigenvalue weighted by molar-refractivity contribution is 6.00. The SMILES string of the molecule is CN(C)C(=O)c1cn(CC2CCN(C(=O)CCC3CCCCC3)CC2(C)C)c(=O)cc1-c1ccccc1.CO. The van der Waals surface area contributed by atoms with Crippen LogP contribution in [0.1, 0.15) is 75.6 Å². The fourth-order valence-electron chi connectivity index (χ4n) is 6.14. The van der Waals surface area contributed by atoms with Gasteiger partial charge in [0.15, 0.2) is 0 Å². The summed E-state index contributed by atoms with van der Waals surface area (Å²) in [6.45, 7) is 6.39. The number of hydrogen-bond donors (Lipinski definition) is 1. The minimum atomic E-state index is -0.123. The molecule has 1 atom stereocenters. The number of hydrogen-bond acceptors (Lipinski definition) is 4. The van der Waals surface area contributed by atoms with Crippen molar-refractivity contribution in [2.75, 3.05) is 34.3 Å². The van der Waals surface area contributed by atoms with Gasteiger partial charge in [0.1, 0.15) is 0 Å². The van der Waals surface area contributed by atoms with Crippen LogP contribution in [0.25, 0.3) is 11.1 Å². The van der Waals surface area contributed by atoms with Gasteiger partial charge in [-0.05, 0) is 35.7 Å². The first-order chi connectivity index (χ1) is 18.7. The molecule has 1 N–H and O–H groups in total. The molecule has 1 saturated heterocycles. The molecule has 2 aliphatic rings. The van der Waals surface area contributed by atoms with Crippen molar-refractivity contribution < 1.29 is 14.7 Å². The Balaban J connectivity index is 0.00000205. The molecule has 1 aromatic carbocycles. The Kier molecular flexibility index (Phi) is 10.9. The predicted octanol–water partition coefficient (Wildman–Crippen LogP) is 5.06. The topological polar surface area (TPSA) is 82.9 Å². The summed E-state index contributed by atoms with van der Waals surface area (Å²) in [4.78, 5) is 42.9. The second-order valence-electron chi connectivity index (χ2n) is 12.0. The average Bonchev–Trinajstić information content (AvgIpc) is 2.95. The van der Waals surface area contributed by atoms with Gasteiger partial charge in [0.25, 0.3) is 11.5 Å². The number of likely N-dealkylation sites (tertiary alicyclic amines) is 1. The molecule has 2 amide bonds. The van der Waals surface area contributed by atoms with E-state index < -0.39 is 0 Å². The third-order valence-electron chi connectivity index (χ3n) is 8.56. The molecule has 0 radical (unpaired) electrons. The van der Waals surface area contributed by atoms with Crippen LogP contribution in [-0.2, 0) is 11.3 Å². The van der Waals surface area contributed by atoms with E-state index in [1.807, 2.05) is 35.2 Å². The number of benzene rings is 1. The van der Waals surface area contributed by atoms with Gasteiger partial charge in [0.2, 0.25) is 5.91 Å². The molecule has 1 saturated carbocycles. The Bertz CT molecular complexity index is 1150. The average molecular weight is 538 g/mol. The normalized spacial score (nSPS) is 19.1. The van der Waals surface area contributed by atoms with E-state index in [2.05, 4.69) is 13.8 Å². The van der Waals surface area contributed by atoms with Crippen LogP contribution in [0.2, 0.25) is 0 Å². The standard InChI is InChI=1S/C31H43N3O3.CH4O/c1-31(2)22-33(28(35)16-15-23-11-7-5-8-12-23)18-17-25(31)20-34-21-27(30(37)32(3)4)26(19-29(34)36)24-13-9-6-10-14-24;1-2/h6,9-10,13-14,19,21,23,25H,5,7-8,11-12,15-18,20,22H2,1-4H3;2H,1H3. The first-order valence-electron chi connectivity index (χ1n) is 14.4. The zero-order valence-corrected chi connectivity index (χ0v) is 24.5. The smallest absolute Gasteiger partial charge is 0.255 e. The molecular formula is C32H47N3O4. The largest absolute Gasteiger partial charge is 0.400 e. The van der Waals surface area contributed by atoms with Gasteiger partial charge in [0, 0.05) is 65.1 Å². The molecular weight excluding hydrogens is 490 g/mol. The molecule has 39 heavy (non-hydrogen) atoms. The highest BCUT2D eigenvalue weighted by Crippen LogP contribution is 2.37. The summed E-state index contributed by atoms with van der Waals surface area (Å²) >= 11 is 0. The highest BCUT2D eigenvalue weighted by Gasteiger charge is 2.38. The number of nitrogens with zero attached hydrogens (tertiary/aromatic N) is 3. The minimum Gasteiger partial charge on any atom is -0.400 e. The first kappa shape index (κ1) is 30.6. The van der Waals surface area contributed by atoms with Crippen molar-refractivity contribution in [3.63, 3.8) is 0 Å². The molecule has 214 valence electrons. The van der Waals surface area contributed by atoms with E-state index in [1.54, 1.807) is 35.8 Å². The summed E-state index contributed by atoms with van der Waals surface area (Å²) in [6, 6.07) is 11.2. The summed E-state index contributed by atoms with van der Waals surface area (Å²) in [5.74, 6) is 1.11. The molecule has 1 aromatic heterocycles. The third-order valence-corrected chi connectivity index (χ3v) is 8.56. The third kappa shape index (κ3) is 7.81. The van der Waals surface area contributed by atoms with E-state index in [1.165, 1.54) is 32.1 Å². The lowest BCUT2D eigenvalue weighted by Gasteiger charge is -2.44. The molecule has 1 aliphatic carbocycles. The lowest BCUT2D eigenvalue weighted by atomic mass is 9.73. The van der Waals surface area contributed by atoms with Crippen LogP contribution in [0.5, 0.6) is 0 Å². The van der Waals surface area contributed by atoms with Gasteiger partial charge < -0.3 is 19.5 Å². The second kappa shape index (κ2) is 13.9. The summed E-state index contributed by atoms with van der Waals surface area (Å²) in [6.07, 6.45) is 10.8. The van der Waals surface area contributed by atoms with Crippen molar-refractivity contribution in [1.29, 1.82) is 0 Å². The molecule has 2 aromatic rings. The highest BCUT2D eigenvalue weighted by atomic mass is 16.2. The number of carbonyl (C=O) groups excluding carboxylic acids is 2. The Morgan fingerprint density at radius 1 is 1.03 bits per heavy atom. The second-order valence-corrected chi connectivity index (χ2v) is 12.0. The fraction of sp³-hybridized carbons (Fsp3) is 0.594. The number of carbonyl (C=O) groups is 2. The van der Waals surface area contributed by atoms with Crippen molar-refractivity contribution in [2.24, 2.45) is 17.3 Å². The van der Waals surface area contributed by atoms with E-state index in [4.69, 9.17) is 5.11 Å². The van der Waals surface area contributed by atoms with Gasteiger partial charge in [-0.1, -0.05) is 76.3 Å². The maximum atomic E-state index is 13.2. The van der Waals surface area contributed by atoms with Crippen LogP contribution in [0.4, 0.5) is 0 Å². The van der Waals surface area contributed by atoms with Gasteiger partial charge in [-0.2, -0.15) is 0 Å². The van der Waals surface area contributed by atoms with Gasteiger partial charge in [0.05, 0.1) is 5.56 Å². The molecule has 7 nitrogen and oxygen atoms in total. The lowest BCUT2D eigenvalue weighted by molar-refractivity contribution is -0.136. The Morgan fingerprint density at radius 3 is 2.31 bits per heavy atom. The Labute approximate surface area is 233 Å². The molecule has 2 fully saturated rings. The van der Waals surface area contributed by atoms with Crippen molar-refractivity contribution in [1.82, 2.24) is 14.4 Å². The number of rotatable bonds is 7. The molecule has 7 heteroatoms. The predicted molar refractivity (Wildman–Crippen MR) is 157 cm³/mol. The van der Waals surface area contributed by atoms with Crippen LogP contribution < -0.4 is 5.56 Å². The summed E-state index contributed by atoms with van der Waals surface area (Å²) in [7, 11) is 4.47. The first-order valence-corrected chi connectivity index (χ1v) is 14.4. The van der Waals surface area contributed by atoms with Crippen molar-refractivity contribution >= 4 is 11.8 Å². The maximum absolute atomic E-state index is 13.2. The van der Waals surface area contributed by atoms with Crippen LogP contribution in [0.15, 0.2) is 47.4 Å². The van der Waals surface area contributed by atoms with Crippen LogP contribution in [0, 0.1) is 17.3 Å². The number of amides is 2. The van der Waals surface area contributed by atoms with Crippen molar-refractivity contribution in [3.05, 3.63) is 58.5 Å². The monoisotopic (exact) mass is 537 g/mol. The molecule has 1 unspecified atom stereocenters. The van der Waals surface area contributed by atoms with Gasteiger partial charge in [-0.3, -0.25) is 14.4 Å². The molecule has 0 spiro atoms. The fourth-order valence-corrected chi connectivity index (χ4v) is 6.14. The summed E-state index contributed by atoms with van der Waals surface area (Å²) in [5.41, 5.74) is 1.83. The number of aromatic nitrogens is 1. The van der Waals surface area contributed by atoms with E-state index in [9.17, 15) is 14.4 Å². The molecule has 0 bridgehead atoms. The maximum Gasteiger partial charge on any atom is 0.255 e. The molecule has 2 heterocycles. The number of aliphatic hydroxyl groups is 1. The van der Waals surface area contributed by atoms with Gasteiger partial charge in [-0.15, -0.1) is 0 Å². The van der Waals surface area contributed by atoms with E-state index >= 15 is 0 Å². The number of pyridine rings is 1. The number of piperidine rings is 1. The zero-order chi connectivity index (χ0) is 28.6. The van der Waals surface area contributed by atoms with E-state index in [-0.39, 0.29) is 28.7 Å². The van der Waals surface area contributed by atoms with Crippen LogP contribution >= 0.6 is 0 Å². The van der Waals surface area contributed by atoms with E-state index in [0.29, 0.717) is 36.6 Å². The number of aliphatic hydroxyl groups excluding tert-OH is 1. The lowest BCUT2D eigenvalue weighted by Crippen LogP contribution is -2.49. The van der Waals surface area contributed by atoms with Crippen molar-refractivity contribution in [2.45, 2.75) is 71.8 Å². The van der Waals surface area contributed by atoms with Crippen molar-refractivity contribution in [3.8, 4) is 11.1 Å². The summed E-state index contributed by atoms with van der Waals surface area (Å²) < 4.78 is 1.70. The van der Waals surface area contributed by atoms with Crippen LogP contribution in [-0.4, -0.2) is 65.6 Å². The zero-order valence-electron chi connectivity index (χ0n) is 24.5. The molecule has 4 rings (SSSR count). The quantitative estimate of drug-likeness (QED) is 0.535. The van der Waals surface area contributed by atoms with E-state index in [0.717, 1.165) is 32.1 Å². The van der Waals surface area contributed by atoms with Gasteiger partial charge in [-0.25, -0.2) is 0 Å².